The topological polar surface area (TPSA) is 27.7 Å². The number of hydrogen-bond donors (Lipinski definition) is 0. The van der Waals surface area contributed by atoms with Gasteiger partial charge in [-0.1, -0.05) is 12.2 Å². The molecular formula is C14H18O3. The van der Waals surface area contributed by atoms with Gasteiger partial charge in [0.25, 0.3) is 0 Å². The Kier molecular flexibility index (Phi) is 2.77. The molecule has 3 heteroatoms. The van der Waals surface area contributed by atoms with Crippen molar-refractivity contribution in [1.29, 1.82) is 0 Å². The molecule has 1 atom stereocenters. The first kappa shape index (κ1) is 11.8. The lowest BCUT2D eigenvalue weighted by Gasteiger charge is -2.24. The standard InChI is InChI=1S/C14H18O3/c1-9(2)14(3)8-17-12-7-10(15-4)6-11(16-5)13(12)14/h6-7H,1,8H2,2-5H3/t14-/m1/s1. The lowest BCUT2D eigenvalue weighted by molar-refractivity contribution is 0.298. The zero-order valence-corrected chi connectivity index (χ0v) is 10.8. The molecule has 0 amide bonds. The molecule has 0 fully saturated rings. The van der Waals surface area contributed by atoms with Gasteiger partial charge in [0, 0.05) is 17.7 Å². The van der Waals surface area contributed by atoms with E-state index in [0.717, 1.165) is 28.4 Å². The Labute approximate surface area is 102 Å². The third-order valence-electron chi connectivity index (χ3n) is 3.51. The molecule has 1 aromatic carbocycles. The maximum atomic E-state index is 5.74. The lowest BCUT2D eigenvalue weighted by atomic mass is 9.78. The molecule has 3 nitrogen and oxygen atoms in total. The molecule has 0 aliphatic carbocycles. The van der Waals surface area contributed by atoms with Crippen LogP contribution in [0, 0.1) is 0 Å². The zero-order valence-electron chi connectivity index (χ0n) is 10.8. The summed E-state index contributed by atoms with van der Waals surface area (Å²) in [4.78, 5) is 0. The molecule has 0 bridgehead atoms. The number of methoxy groups -OCH3 is 2. The van der Waals surface area contributed by atoms with E-state index in [4.69, 9.17) is 14.2 Å². The normalized spacial score (nSPS) is 21.6. The lowest BCUT2D eigenvalue weighted by Crippen LogP contribution is -2.25. The van der Waals surface area contributed by atoms with Crippen LogP contribution in [-0.2, 0) is 5.41 Å². The molecule has 92 valence electrons. The van der Waals surface area contributed by atoms with Crippen molar-refractivity contribution in [2.24, 2.45) is 0 Å². The predicted octanol–water partition coefficient (Wildman–Crippen LogP) is 2.93. The van der Waals surface area contributed by atoms with Gasteiger partial charge in [0.05, 0.1) is 19.6 Å². The molecule has 0 radical (unpaired) electrons. The summed E-state index contributed by atoms with van der Waals surface area (Å²) >= 11 is 0. The average Bonchev–Trinajstić information content (AvgIpc) is 2.67. The number of fused-ring (bicyclic) bond motifs is 1. The smallest absolute Gasteiger partial charge is 0.130 e. The molecule has 1 aliphatic rings. The van der Waals surface area contributed by atoms with Gasteiger partial charge in [0.2, 0.25) is 0 Å². The van der Waals surface area contributed by atoms with Crippen LogP contribution in [0.15, 0.2) is 24.3 Å². The van der Waals surface area contributed by atoms with Crippen molar-refractivity contribution in [3.05, 3.63) is 29.8 Å². The van der Waals surface area contributed by atoms with E-state index >= 15 is 0 Å². The molecule has 0 spiro atoms. The minimum absolute atomic E-state index is 0.188. The van der Waals surface area contributed by atoms with Crippen molar-refractivity contribution >= 4 is 0 Å². The molecule has 0 saturated heterocycles. The second-order valence-electron chi connectivity index (χ2n) is 4.60. The van der Waals surface area contributed by atoms with E-state index in [-0.39, 0.29) is 5.41 Å². The van der Waals surface area contributed by atoms with Crippen molar-refractivity contribution in [2.75, 3.05) is 20.8 Å². The molecule has 0 aromatic heterocycles. The maximum Gasteiger partial charge on any atom is 0.130 e. The first-order valence-corrected chi connectivity index (χ1v) is 5.58. The van der Waals surface area contributed by atoms with E-state index < -0.39 is 0 Å². The maximum absolute atomic E-state index is 5.74. The van der Waals surface area contributed by atoms with Gasteiger partial charge in [-0.25, -0.2) is 0 Å². The summed E-state index contributed by atoms with van der Waals surface area (Å²) in [7, 11) is 3.29. The van der Waals surface area contributed by atoms with Gasteiger partial charge >= 0.3 is 0 Å². The van der Waals surface area contributed by atoms with Crippen LogP contribution in [0.25, 0.3) is 0 Å². The van der Waals surface area contributed by atoms with Crippen LogP contribution in [0.1, 0.15) is 19.4 Å². The average molecular weight is 234 g/mol. The van der Waals surface area contributed by atoms with Crippen LogP contribution in [0.5, 0.6) is 17.2 Å². The molecule has 2 rings (SSSR count). The van der Waals surface area contributed by atoms with Crippen molar-refractivity contribution in [1.82, 2.24) is 0 Å². The summed E-state index contributed by atoms with van der Waals surface area (Å²) in [6.07, 6.45) is 0. The van der Waals surface area contributed by atoms with Crippen LogP contribution >= 0.6 is 0 Å². The van der Waals surface area contributed by atoms with Gasteiger partial charge < -0.3 is 14.2 Å². The molecular weight excluding hydrogens is 216 g/mol. The first-order chi connectivity index (χ1) is 8.02. The van der Waals surface area contributed by atoms with Crippen molar-refractivity contribution in [3.63, 3.8) is 0 Å². The fourth-order valence-electron chi connectivity index (χ4n) is 2.13. The SMILES string of the molecule is C=C(C)[C@@]1(C)COc2cc(OC)cc(OC)c21. The molecule has 1 heterocycles. The van der Waals surface area contributed by atoms with Gasteiger partial charge in [-0.05, 0) is 13.8 Å². The van der Waals surface area contributed by atoms with E-state index in [1.165, 1.54) is 0 Å². The summed E-state index contributed by atoms with van der Waals surface area (Å²) in [5.41, 5.74) is 1.94. The Morgan fingerprint density at radius 2 is 2.06 bits per heavy atom. The van der Waals surface area contributed by atoms with Gasteiger partial charge in [0.1, 0.15) is 23.9 Å². The van der Waals surface area contributed by atoms with E-state index in [1.54, 1.807) is 14.2 Å². The first-order valence-electron chi connectivity index (χ1n) is 5.58. The zero-order chi connectivity index (χ0) is 12.6. The van der Waals surface area contributed by atoms with E-state index in [2.05, 4.69) is 13.5 Å². The Hall–Kier alpha value is -1.64. The van der Waals surface area contributed by atoms with Crippen LogP contribution in [0.2, 0.25) is 0 Å². The molecule has 17 heavy (non-hydrogen) atoms. The second-order valence-corrected chi connectivity index (χ2v) is 4.60. The van der Waals surface area contributed by atoms with Crippen LogP contribution in [0.4, 0.5) is 0 Å². The summed E-state index contributed by atoms with van der Waals surface area (Å²) in [6, 6.07) is 3.78. The highest BCUT2D eigenvalue weighted by molar-refractivity contribution is 5.59. The fraction of sp³-hybridized carbons (Fsp3) is 0.429. The third-order valence-corrected chi connectivity index (χ3v) is 3.51. The van der Waals surface area contributed by atoms with Gasteiger partial charge in [-0.3, -0.25) is 0 Å². The monoisotopic (exact) mass is 234 g/mol. The molecule has 0 unspecified atom stereocenters. The highest BCUT2D eigenvalue weighted by atomic mass is 16.5. The van der Waals surface area contributed by atoms with Gasteiger partial charge in [-0.2, -0.15) is 0 Å². The summed E-state index contributed by atoms with van der Waals surface area (Å²) in [5.74, 6) is 2.36. The minimum Gasteiger partial charge on any atom is -0.496 e. The second kappa shape index (κ2) is 3.99. The van der Waals surface area contributed by atoms with E-state index in [1.807, 2.05) is 19.1 Å². The van der Waals surface area contributed by atoms with Crippen LogP contribution in [0.3, 0.4) is 0 Å². The summed E-state index contributed by atoms with van der Waals surface area (Å²) in [5, 5.41) is 0. The van der Waals surface area contributed by atoms with Gasteiger partial charge in [0.15, 0.2) is 0 Å². The van der Waals surface area contributed by atoms with Crippen molar-refractivity contribution in [3.8, 4) is 17.2 Å². The fourth-order valence-corrected chi connectivity index (χ4v) is 2.13. The quantitative estimate of drug-likeness (QED) is 0.753. The van der Waals surface area contributed by atoms with Crippen LogP contribution in [-0.4, -0.2) is 20.8 Å². The Morgan fingerprint density at radius 3 is 2.59 bits per heavy atom. The Morgan fingerprint density at radius 1 is 1.35 bits per heavy atom. The molecule has 1 aromatic rings. The third kappa shape index (κ3) is 1.66. The molecule has 1 aliphatic heterocycles. The summed E-state index contributed by atoms with van der Waals surface area (Å²) < 4.78 is 16.4. The highest BCUT2D eigenvalue weighted by Gasteiger charge is 2.40. The largest absolute Gasteiger partial charge is 0.496 e. The summed E-state index contributed by atoms with van der Waals surface area (Å²) in [6.45, 7) is 8.79. The molecule has 0 saturated carbocycles. The minimum atomic E-state index is -0.188. The number of hydrogen-bond acceptors (Lipinski definition) is 3. The van der Waals surface area contributed by atoms with E-state index in [9.17, 15) is 0 Å². The van der Waals surface area contributed by atoms with Crippen LogP contribution < -0.4 is 14.2 Å². The number of benzene rings is 1. The van der Waals surface area contributed by atoms with Crippen molar-refractivity contribution in [2.45, 2.75) is 19.3 Å². The Bertz CT molecular complexity index is 465. The van der Waals surface area contributed by atoms with Crippen molar-refractivity contribution < 1.29 is 14.2 Å². The van der Waals surface area contributed by atoms with Gasteiger partial charge in [-0.15, -0.1) is 0 Å². The molecule has 0 N–H and O–H groups in total. The predicted molar refractivity (Wildman–Crippen MR) is 67.2 cm³/mol. The highest BCUT2D eigenvalue weighted by Crippen LogP contribution is 2.49. The number of ether oxygens (including phenoxy) is 3. The number of rotatable bonds is 3. The van der Waals surface area contributed by atoms with E-state index in [0.29, 0.717) is 6.61 Å². The Balaban J connectivity index is 2.63.